The van der Waals surface area contributed by atoms with E-state index in [0.717, 1.165) is 74.1 Å². The lowest BCUT2D eigenvalue weighted by Crippen LogP contribution is -2.32. The molecule has 8 heteroatoms. The van der Waals surface area contributed by atoms with Crippen molar-refractivity contribution in [3.63, 3.8) is 0 Å². The minimum absolute atomic E-state index is 0.103. The number of unbranched alkanes of at least 4 members (excludes halogenated alkanes) is 4. The summed E-state index contributed by atoms with van der Waals surface area (Å²) < 4.78 is 10.5. The monoisotopic (exact) mass is 581 g/mol. The third-order valence-electron chi connectivity index (χ3n) is 7.30. The highest BCUT2D eigenvalue weighted by Gasteiger charge is 2.15. The van der Waals surface area contributed by atoms with Crippen molar-refractivity contribution >= 4 is 17.7 Å². The smallest absolute Gasteiger partial charge is 0.222 e. The van der Waals surface area contributed by atoms with E-state index in [-0.39, 0.29) is 17.7 Å². The molecule has 2 rings (SSSR count). The zero-order valence-electron chi connectivity index (χ0n) is 26.2. The molecule has 0 fully saturated rings. The maximum Gasteiger partial charge on any atom is 0.222 e. The first-order chi connectivity index (χ1) is 20.4. The minimum atomic E-state index is 0.103. The lowest BCUT2D eigenvalue weighted by Gasteiger charge is -2.24. The molecular formula is C34H51N3O5. The standard InChI is InChI=1S/C34H51N3O5/c1-5-23-35-32(38)13-9-7-11-25-37(27-29-17-21-31(42-4)22-18-29)34(40)14-10-8-12-24-36(33(39)6-2)26-28-15-19-30(41-3)20-16-28/h15-22H,5-14,23-27H2,1-4H3,(H,35,38). The Morgan fingerprint density at radius 1 is 0.643 bits per heavy atom. The van der Waals surface area contributed by atoms with Crippen LogP contribution in [-0.2, 0) is 27.5 Å². The molecule has 0 saturated carbocycles. The van der Waals surface area contributed by atoms with Crippen molar-refractivity contribution in [1.82, 2.24) is 15.1 Å². The summed E-state index contributed by atoms with van der Waals surface area (Å²) in [4.78, 5) is 41.5. The van der Waals surface area contributed by atoms with Crippen LogP contribution in [0.25, 0.3) is 0 Å². The van der Waals surface area contributed by atoms with E-state index < -0.39 is 0 Å². The normalized spacial score (nSPS) is 10.7. The van der Waals surface area contributed by atoms with Crippen LogP contribution in [0.1, 0.15) is 89.2 Å². The first-order valence-electron chi connectivity index (χ1n) is 15.5. The van der Waals surface area contributed by atoms with Gasteiger partial charge in [0.05, 0.1) is 14.2 Å². The summed E-state index contributed by atoms with van der Waals surface area (Å²) in [5.74, 6) is 1.97. The van der Waals surface area contributed by atoms with Crippen molar-refractivity contribution < 1.29 is 23.9 Å². The molecule has 0 aliphatic carbocycles. The molecule has 2 aromatic carbocycles. The molecule has 232 valence electrons. The van der Waals surface area contributed by atoms with E-state index in [1.807, 2.05) is 72.2 Å². The first-order valence-corrected chi connectivity index (χ1v) is 15.5. The summed E-state index contributed by atoms with van der Waals surface area (Å²) in [6.45, 7) is 7.13. The van der Waals surface area contributed by atoms with Crippen molar-refractivity contribution in [2.24, 2.45) is 0 Å². The average Bonchev–Trinajstić information content (AvgIpc) is 3.02. The third-order valence-corrected chi connectivity index (χ3v) is 7.30. The van der Waals surface area contributed by atoms with Crippen LogP contribution in [0.5, 0.6) is 11.5 Å². The van der Waals surface area contributed by atoms with Gasteiger partial charge in [-0.15, -0.1) is 0 Å². The van der Waals surface area contributed by atoms with Crippen LogP contribution in [0.2, 0.25) is 0 Å². The maximum absolute atomic E-state index is 13.3. The van der Waals surface area contributed by atoms with Gasteiger partial charge in [0.2, 0.25) is 17.7 Å². The molecule has 3 amide bonds. The fraction of sp³-hybridized carbons (Fsp3) is 0.559. The molecular weight excluding hydrogens is 530 g/mol. The second kappa shape index (κ2) is 20.3. The van der Waals surface area contributed by atoms with Crippen LogP contribution in [0, 0.1) is 0 Å². The Labute approximate surface area is 252 Å². The number of amides is 3. The Morgan fingerprint density at radius 2 is 1.12 bits per heavy atom. The molecule has 1 N–H and O–H groups in total. The lowest BCUT2D eigenvalue weighted by molar-refractivity contribution is -0.133. The number of benzene rings is 2. The summed E-state index contributed by atoms with van der Waals surface area (Å²) >= 11 is 0. The van der Waals surface area contributed by atoms with E-state index in [4.69, 9.17) is 9.47 Å². The fourth-order valence-corrected chi connectivity index (χ4v) is 4.74. The Morgan fingerprint density at radius 3 is 1.57 bits per heavy atom. The number of carbonyl (C=O) groups excluding carboxylic acids is 3. The van der Waals surface area contributed by atoms with Crippen molar-refractivity contribution in [3.8, 4) is 11.5 Å². The number of ether oxygens (including phenoxy) is 2. The van der Waals surface area contributed by atoms with Gasteiger partial charge in [0.25, 0.3) is 0 Å². The molecule has 0 aliphatic heterocycles. The molecule has 2 aromatic rings. The molecule has 42 heavy (non-hydrogen) atoms. The number of hydrogen-bond acceptors (Lipinski definition) is 5. The van der Waals surface area contributed by atoms with Gasteiger partial charge in [0.15, 0.2) is 0 Å². The van der Waals surface area contributed by atoms with Gasteiger partial charge in [-0.3, -0.25) is 14.4 Å². The SMILES string of the molecule is CCCNC(=O)CCCCCN(Cc1ccc(OC)cc1)C(=O)CCCCCN(Cc1ccc(OC)cc1)C(=O)CC. The van der Waals surface area contributed by atoms with Crippen LogP contribution >= 0.6 is 0 Å². The number of rotatable bonds is 21. The maximum atomic E-state index is 13.3. The van der Waals surface area contributed by atoms with E-state index in [9.17, 15) is 14.4 Å². The lowest BCUT2D eigenvalue weighted by atomic mass is 10.1. The fourth-order valence-electron chi connectivity index (χ4n) is 4.74. The molecule has 0 spiro atoms. The molecule has 0 aliphatic rings. The van der Waals surface area contributed by atoms with E-state index >= 15 is 0 Å². The predicted molar refractivity (Wildman–Crippen MR) is 167 cm³/mol. The number of nitrogens with one attached hydrogen (secondary N) is 1. The highest BCUT2D eigenvalue weighted by molar-refractivity contribution is 5.76. The van der Waals surface area contributed by atoms with Crippen molar-refractivity contribution in [2.45, 2.75) is 91.1 Å². The van der Waals surface area contributed by atoms with Crippen LogP contribution < -0.4 is 14.8 Å². The molecule has 0 radical (unpaired) electrons. The minimum Gasteiger partial charge on any atom is -0.497 e. The van der Waals surface area contributed by atoms with Crippen LogP contribution in [-0.4, -0.2) is 61.4 Å². The summed E-state index contributed by atoms with van der Waals surface area (Å²) in [6.07, 6.45) is 7.53. The Balaban J connectivity index is 1.84. The average molecular weight is 582 g/mol. The van der Waals surface area contributed by atoms with Gasteiger partial charge in [-0.05, 0) is 67.5 Å². The summed E-state index contributed by atoms with van der Waals surface area (Å²) in [7, 11) is 3.28. The highest BCUT2D eigenvalue weighted by Crippen LogP contribution is 2.17. The number of carbonyl (C=O) groups is 3. The number of nitrogens with zero attached hydrogens (tertiary/aromatic N) is 2. The number of methoxy groups -OCH3 is 2. The van der Waals surface area contributed by atoms with Gasteiger partial charge in [-0.25, -0.2) is 0 Å². The van der Waals surface area contributed by atoms with Gasteiger partial charge in [0.1, 0.15) is 11.5 Å². The van der Waals surface area contributed by atoms with Gasteiger partial charge in [0, 0.05) is 52.0 Å². The molecule has 0 aromatic heterocycles. The van der Waals surface area contributed by atoms with Crippen LogP contribution in [0.3, 0.4) is 0 Å². The van der Waals surface area contributed by atoms with Gasteiger partial charge < -0.3 is 24.6 Å². The zero-order valence-corrected chi connectivity index (χ0v) is 26.2. The summed E-state index contributed by atoms with van der Waals surface area (Å²) in [6, 6.07) is 15.6. The first kappa shape index (κ1) is 34.7. The molecule has 0 unspecified atom stereocenters. The summed E-state index contributed by atoms with van der Waals surface area (Å²) in [5, 5.41) is 2.92. The Kier molecular flexibility index (Phi) is 16.8. The van der Waals surface area contributed by atoms with E-state index in [0.29, 0.717) is 45.4 Å². The van der Waals surface area contributed by atoms with Crippen molar-refractivity contribution in [2.75, 3.05) is 33.9 Å². The van der Waals surface area contributed by atoms with Crippen molar-refractivity contribution in [3.05, 3.63) is 59.7 Å². The molecule has 0 bridgehead atoms. The number of hydrogen-bond donors (Lipinski definition) is 1. The van der Waals surface area contributed by atoms with E-state index in [1.54, 1.807) is 14.2 Å². The largest absolute Gasteiger partial charge is 0.497 e. The second-order valence-corrected chi connectivity index (χ2v) is 10.7. The van der Waals surface area contributed by atoms with E-state index in [2.05, 4.69) is 5.32 Å². The molecule has 0 heterocycles. The predicted octanol–water partition coefficient (Wildman–Crippen LogP) is 6.12. The third kappa shape index (κ3) is 13.4. The van der Waals surface area contributed by atoms with Crippen LogP contribution in [0.4, 0.5) is 0 Å². The second-order valence-electron chi connectivity index (χ2n) is 10.7. The van der Waals surface area contributed by atoms with Crippen molar-refractivity contribution in [1.29, 1.82) is 0 Å². The topological polar surface area (TPSA) is 88.2 Å². The summed E-state index contributed by atoms with van der Waals surface area (Å²) in [5.41, 5.74) is 2.14. The molecule has 0 saturated heterocycles. The van der Waals surface area contributed by atoms with E-state index in [1.165, 1.54) is 0 Å². The Bertz CT molecular complexity index is 1060. The highest BCUT2D eigenvalue weighted by atomic mass is 16.5. The van der Waals surface area contributed by atoms with Gasteiger partial charge >= 0.3 is 0 Å². The van der Waals surface area contributed by atoms with Gasteiger partial charge in [-0.1, -0.05) is 51.0 Å². The quantitative estimate of drug-likeness (QED) is 0.180. The van der Waals surface area contributed by atoms with Gasteiger partial charge in [-0.2, -0.15) is 0 Å². The molecule has 8 nitrogen and oxygen atoms in total. The van der Waals surface area contributed by atoms with Crippen LogP contribution in [0.15, 0.2) is 48.5 Å². The Hall–Kier alpha value is -3.55. The molecule has 0 atom stereocenters. The zero-order chi connectivity index (χ0) is 30.6.